The van der Waals surface area contributed by atoms with E-state index in [0.29, 0.717) is 0 Å². The van der Waals surface area contributed by atoms with Gasteiger partial charge in [0.05, 0.1) is 12.7 Å². The van der Waals surface area contributed by atoms with Gasteiger partial charge >= 0.3 is 0 Å². The lowest BCUT2D eigenvalue weighted by molar-refractivity contribution is 0.0705. The quantitative estimate of drug-likeness (QED) is 0.583. The molecule has 2 atom stereocenters. The van der Waals surface area contributed by atoms with Crippen LogP contribution in [-0.2, 0) is 0 Å². The summed E-state index contributed by atoms with van der Waals surface area (Å²) >= 11 is 0. The van der Waals surface area contributed by atoms with Gasteiger partial charge in [0.1, 0.15) is 0 Å². The summed E-state index contributed by atoms with van der Waals surface area (Å²) < 4.78 is 0. The molecule has 0 bridgehead atoms. The summed E-state index contributed by atoms with van der Waals surface area (Å²) in [5.41, 5.74) is 1.13. The van der Waals surface area contributed by atoms with E-state index >= 15 is 0 Å². The first kappa shape index (κ1) is 9.75. The van der Waals surface area contributed by atoms with Gasteiger partial charge in [-0.05, 0) is 18.8 Å². The molecule has 0 fully saturated rings. The third-order valence-corrected chi connectivity index (χ3v) is 2.87. The molecule has 1 aliphatic carbocycles. The van der Waals surface area contributed by atoms with Crippen LogP contribution in [0.1, 0.15) is 27.2 Å². The van der Waals surface area contributed by atoms with Gasteiger partial charge in [-0.3, -0.25) is 0 Å². The molecule has 0 aromatic heterocycles. The molecule has 0 heterocycles. The predicted octanol–water partition coefficient (Wildman–Crippen LogP) is 1.33. The van der Waals surface area contributed by atoms with Gasteiger partial charge in [-0.25, -0.2) is 0 Å². The molecule has 0 saturated carbocycles. The lowest BCUT2D eigenvalue weighted by atomic mass is 9.68. The number of aliphatic hydroxyl groups is 2. The van der Waals surface area contributed by atoms with E-state index in [1.54, 1.807) is 0 Å². The maximum Gasteiger partial charge on any atom is 0.0728 e. The van der Waals surface area contributed by atoms with Gasteiger partial charge in [0.2, 0.25) is 0 Å². The minimum Gasteiger partial charge on any atom is -0.396 e. The standard InChI is InChI=1S/C10H18O2/c1-7-4-8(12)5-10(2,3)9(7)6-11/h4,8-9,11-12H,5-6H2,1-3H3/t8-,9-/m1/s1. The Balaban J connectivity index is 2.88. The summed E-state index contributed by atoms with van der Waals surface area (Å²) in [6.45, 7) is 6.34. The molecular weight excluding hydrogens is 152 g/mol. The second-order valence-corrected chi connectivity index (χ2v) is 4.41. The lowest BCUT2D eigenvalue weighted by Crippen LogP contribution is -2.35. The molecule has 70 valence electrons. The molecule has 0 unspecified atom stereocenters. The van der Waals surface area contributed by atoms with Gasteiger partial charge in [-0.15, -0.1) is 0 Å². The van der Waals surface area contributed by atoms with Crippen LogP contribution < -0.4 is 0 Å². The summed E-state index contributed by atoms with van der Waals surface area (Å²) in [5, 5.41) is 18.6. The minimum absolute atomic E-state index is 0.0208. The molecule has 2 N–H and O–H groups in total. The fraction of sp³-hybridized carbons (Fsp3) is 0.800. The van der Waals surface area contributed by atoms with Crippen LogP contribution in [0.2, 0.25) is 0 Å². The van der Waals surface area contributed by atoms with Crippen molar-refractivity contribution >= 4 is 0 Å². The Labute approximate surface area is 73.9 Å². The third-order valence-electron chi connectivity index (χ3n) is 2.87. The van der Waals surface area contributed by atoms with Crippen LogP contribution in [0.3, 0.4) is 0 Å². The maximum atomic E-state index is 9.47. The Hall–Kier alpha value is -0.340. The van der Waals surface area contributed by atoms with E-state index in [9.17, 15) is 5.11 Å². The molecule has 0 amide bonds. The largest absolute Gasteiger partial charge is 0.396 e. The molecule has 0 radical (unpaired) electrons. The van der Waals surface area contributed by atoms with Gasteiger partial charge in [-0.1, -0.05) is 25.5 Å². The van der Waals surface area contributed by atoms with Crippen LogP contribution in [0.4, 0.5) is 0 Å². The zero-order valence-electron chi connectivity index (χ0n) is 8.04. The Morgan fingerprint density at radius 3 is 2.58 bits per heavy atom. The van der Waals surface area contributed by atoms with Crippen molar-refractivity contribution in [2.45, 2.75) is 33.3 Å². The second kappa shape index (κ2) is 3.19. The first-order chi connectivity index (χ1) is 5.47. The number of rotatable bonds is 1. The minimum atomic E-state index is -0.331. The monoisotopic (exact) mass is 170 g/mol. The van der Waals surface area contributed by atoms with Crippen molar-refractivity contribution < 1.29 is 10.2 Å². The van der Waals surface area contributed by atoms with E-state index in [2.05, 4.69) is 13.8 Å². The zero-order valence-corrected chi connectivity index (χ0v) is 8.04. The molecule has 12 heavy (non-hydrogen) atoms. The molecule has 0 aromatic rings. The Kier molecular flexibility index (Phi) is 2.59. The molecule has 0 aromatic carbocycles. The summed E-state index contributed by atoms with van der Waals surface area (Å²) in [6, 6.07) is 0. The van der Waals surface area contributed by atoms with Gasteiger partial charge in [0.25, 0.3) is 0 Å². The van der Waals surface area contributed by atoms with Crippen LogP contribution in [0, 0.1) is 11.3 Å². The summed E-state index contributed by atoms with van der Waals surface area (Å²) in [7, 11) is 0. The fourth-order valence-corrected chi connectivity index (χ4v) is 2.17. The van der Waals surface area contributed by atoms with Crippen LogP contribution in [-0.4, -0.2) is 22.9 Å². The molecule has 2 nitrogen and oxygen atoms in total. The van der Waals surface area contributed by atoms with E-state index < -0.39 is 0 Å². The Morgan fingerprint density at radius 2 is 2.17 bits per heavy atom. The molecule has 0 saturated heterocycles. The van der Waals surface area contributed by atoms with Crippen molar-refractivity contribution in [2.24, 2.45) is 11.3 Å². The van der Waals surface area contributed by atoms with Crippen LogP contribution in [0.25, 0.3) is 0 Å². The van der Waals surface area contributed by atoms with Crippen molar-refractivity contribution in [3.05, 3.63) is 11.6 Å². The van der Waals surface area contributed by atoms with Gasteiger partial charge in [0, 0.05) is 5.92 Å². The SMILES string of the molecule is CC1=C[C@@H](O)CC(C)(C)[C@@H]1CO. The molecule has 1 rings (SSSR count). The van der Waals surface area contributed by atoms with Crippen LogP contribution in [0.15, 0.2) is 11.6 Å². The molecule has 2 heteroatoms. The molecule has 1 aliphatic rings. The van der Waals surface area contributed by atoms with Crippen LogP contribution >= 0.6 is 0 Å². The number of aliphatic hydroxyl groups excluding tert-OH is 2. The van der Waals surface area contributed by atoms with E-state index in [0.717, 1.165) is 12.0 Å². The Morgan fingerprint density at radius 1 is 1.58 bits per heavy atom. The average Bonchev–Trinajstić information content (AvgIpc) is 1.82. The smallest absolute Gasteiger partial charge is 0.0728 e. The van der Waals surface area contributed by atoms with Crippen molar-refractivity contribution in [1.29, 1.82) is 0 Å². The first-order valence-electron chi connectivity index (χ1n) is 4.44. The highest BCUT2D eigenvalue weighted by Gasteiger charge is 2.35. The highest BCUT2D eigenvalue weighted by molar-refractivity contribution is 5.15. The fourth-order valence-electron chi connectivity index (χ4n) is 2.17. The predicted molar refractivity (Wildman–Crippen MR) is 48.7 cm³/mol. The lowest BCUT2D eigenvalue weighted by Gasteiger charge is -2.39. The topological polar surface area (TPSA) is 40.5 Å². The molecule has 0 spiro atoms. The second-order valence-electron chi connectivity index (χ2n) is 4.41. The highest BCUT2D eigenvalue weighted by Crippen LogP contribution is 2.40. The van der Waals surface area contributed by atoms with E-state index in [1.165, 1.54) is 0 Å². The van der Waals surface area contributed by atoms with Crippen molar-refractivity contribution in [1.82, 2.24) is 0 Å². The van der Waals surface area contributed by atoms with E-state index in [1.807, 2.05) is 13.0 Å². The first-order valence-corrected chi connectivity index (χ1v) is 4.44. The van der Waals surface area contributed by atoms with Gasteiger partial charge < -0.3 is 10.2 Å². The summed E-state index contributed by atoms with van der Waals surface area (Å²) in [5.74, 6) is 0.209. The molecule has 0 aliphatic heterocycles. The Bertz CT molecular complexity index is 194. The number of hydrogen-bond acceptors (Lipinski definition) is 2. The third kappa shape index (κ3) is 1.70. The van der Waals surface area contributed by atoms with E-state index in [-0.39, 0.29) is 24.0 Å². The average molecular weight is 170 g/mol. The van der Waals surface area contributed by atoms with Crippen molar-refractivity contribution in [3.63, 3.8) is 0 Å². The van der Waals surface area contributed by atoms with Gasteiger partial charge in [-0.2, -0.15) is 0 Å². The van der Waals surface area contributed by atoms with E-state index in [4.69, 9.17) is 5.11 Å². The van der Waals surface area contributed by atoms with Crippen molar-refractivity contribution in [2.75, 3.05) is 6.61 Å². The van der Waals surface area contributed by atoms with Crippen LogP contribution in [0.5, 0.6) is 0 Å². The maximum absolute atomic E-state index is 9.47. The van der Waals surface area contributed by atoms with Crippen molar-refractivity contribution in [3.8, 4) is 0 Å². The summed E-state index contributed by atoms with van der Waals surface area (Å²) in [6.07, 6.45) is 2.27. The highest BCUT2D eigenvalue weighted by atomic mass is 16.3. The number of hydrogen-bond donors (Lipinski definition) is 2. The van der Waals surface area contributed by atoms with Gasteiger partial charge in [0.15, 0.2) is 0 Å². The molecular formula is C10H18O2. The summed E-state index contributed by atoms with van der Waals surface area (Å²) in [4.78, 5) is 0. The normalized spacial score (nSPS) is 34.6. The zero-order chi connectivity index (χ0) is 9.35.